The highest BCUT2D eigenvalue weighted by atomic mass is 79.9. The Balaban J connectivity index is 1.19. The number of thiazole rings is 1. The zero-order chi connectivity index (χ0) is 36.0. The number of allylic oxidation sites excluding steroid dienone is 1. The Bertz CT molecular complexity index is 1980. The number of amides is 3. The molecule has 4 aliphatic rings. The maximum absolute atomic E-state index is 14.6. The molecule has 2 aliphatic heterocycles. The van der Waals surface area contributed by atoms with Crippen molar-refractivity contribution in [2.24, 2.45) is 5.92 Å². The Morgan fingerprint density at radius 1 is 1.14 bits per heavy atom. The molecule has 51 heavy (non-hydrogen) atoms. The van der Waals surface area contributed by atoms with Crippen LogP contribution in [-0.2, 0) is 24.4 Å². The van der Waals surface area contributed by atoms with E-state index in [1.54, 1.807) is 18.9 Å². The normalized spacial score (nSPS) is 28.3. The minimum absolute atomic E-state index is 0.127. The van der Waals surface area contributed by atoms with Gasteiger partial charge in [-0.2, -0.15) is 0 Å². The minimum atomic E-state index is -3.94. The Morgan fingerprint density at radius 3 is 2.75 bits per heavy atom. The van der Waals surface area contributed by atoms with Crippen LogP contribution in [-0.4, -0.2) is 78.2 Å². The highest BCUT2D eigenvalue weighted by Crippen LogP contribution is 2.47. The molecule has 3 N–H and O–H groups in total. The lowest BCUT2D eigenvalue weighted by atomic mass is 10.0. The fourth-order valence-corrected chi connectivity index (χ4v) is 9.68. The number of ether oxygens (including phenoxy) is 2. The summed E-state index contributed by atoms with van der Waals surface area (Å²) in [6.07, 6.45) is 8.54. The Morgan fingerprint density at radius 2 is 1.96 bits per heavy atom. The number of sulfonamides is 1. The lowest BCUT2D eigenvalue weighted by molar-refractivity contribution is -0.140. The van der Waals surface area contributed by atoms with Crippen molar-refractivity contribution in [1.29, 1.82) is 0 Å². The molecule has 3 fully saturated rings. The van der Waals surface area contributed by atoms with Gasteiger partial charge < -0.3 is 25.0 Å². The molecule has 3 amide bonds. The first-order valence-electron chi connectivity index (χ1n) is 17.4. The summed E-state index contributed by atoms with van der Waals surface area (Å²) >= 11 is 4.88. The van der Waals surface area contributed by atoms with Gasteiger partial charge in [-0.3, -0.25) is 19.1 Å². The predicted octanol–water partition coefficient (Wildman–Crippen LogP) is 5.29. The number of methoxy groups -OCH3 is 1. The molecular weight excluding hydrogens is 758 g/mol. The molecule has 3 heterocycles. The van der Waals surface area contributed by atoms with Crippen molar-refractivity contribution in [3.8, 4) is 10.9 Å². The summed E-state index contributed by atoms with van der Waals surface area (Å²) in [7, 11) is -2.36. The van der Waals surface area contributed by atoms with E-state index < -0.39 is 50.3 Å². The molecule has 0 bridgehead atoms. The quantitative estimate of drug-likeness (QED) is 0.258. The van der Waals surface area contributed by atoms with Gasteiger partial charge in [-0.1, -0.05) is 58.3 Å². The van der Waals surface area contributed by atoms with Gasteiger partial charge in [-0.25, -0.2) is 13.4 Å². The van der Waals surface area contributed by atoms with E-state index in [0.717, 1.165) is 40.4 Å². The number of hydrogen-bond acceptors (Lipinski definition) is 10. The first-order chi connectivity index (χ1) is 24.4. The van der Waals surface area contributed by atoms with Gasteiger partial charge >= 0.3 is 0 Å². The van der Waals surface area contributed by atoms with Crippen LogP contribution in [0.5, 0.6) is 10.9 Å². The second-order valence-corrected chi connectivity index (χ2v) is 18.3. The van der Waals surface area contributed by atoms with Crippen molar-refractivity contribution in [2.75, 3.05) is 19.0 Å². The van der Waals surface area contributed by atoms with Crippen LogP contribution in [0.15, 0.2) is 59.1 Å². The number of carbonyl (C=O) groups is 3. The van der Waals surface area contributed by atoms with Crippen LogP contribution in [0.4, 0.5) is 5.69 Å². The number of aromatic nitrogens is 1. The van der Waals surface area contributed by atoms with Crippen molar-refractivity contribution in [3.63, 3.8) is 0 Å². The Labute approximate surface area is 309 Å². The van der Waals surface area contributed by atoms with Crippen molar-refractivity contribution in [3.05, 3.63) is 59.1 Å². The smallest absolute Gasteiger partial charge is 0.274 e. The van der Waals surface area contributed by atoms with E-state index in [1.165, 1.54) is 11.3 Å². The second-order valence-electron chi connectivity index (χ2n) is 14.2. The zero-order valence-electron chi connectivity index (χ0n) is 28.5. The Hall–Kier alpha value is -3.69. The molecule has 2 saturated carbocycles. The van der Waals surface area contributed by atoms with E-state index in [-0.39, 0.29) is 31.2 Å². The van der Waals surface area contributed by atoms with Crippen LogP contribution in [0, 0.1) is 5.92 Å². The zero-order valence-corrected chi connectivity index (χ0v) is 31.7. The lowest BCUT2D eigenvalue weighted by Gasteiger charge is -2.30. The summed E-state index contributed by atoms with van der Waals surface area (Å²) in [5.74, 6) is -1.27. The number of hydrogen-bond donors (Lipinski definition) is 3. The fraction of sp³-hybridized carbons (Fsp3) is 0.500. The number of fused-ring (bicyclic) bond motifs is 3. The number of nitrogens with zero attached hydrogens (tertiary/aromatic N) is 2. The largest absolute Gasteiger partial charge is 0.497 e. The molecule has 12 nitrogen and oxygen atoms in total. The van der Waals surface area contributed by atoms with E-state index in [1.807, 2.05) is 54.6 Å². The number of benzene rings is 2. The summed E-state index contributed by atoms with van der Waals surface area (Å²) in [5.41, 5.74) is 0.0423. The molecule has 0 radical (unpaired) electrons. The molecule has 2 aromatic carbocycles. The van der Waals surface area contributed by atoms with Gasteiger partial charge in [0.05, 0.1) is 28.6 Å². The average molecular weight is 801 g/mol. The molecule has 1 saturated heterocycles. The molecular formula is C36H42BrN5O7S2. The van der Waals surface area contributed by atoms with Crippen LogP contribution in [0.3, 0.4) is 0 Å². The van der Waals surface area contributed by atoms with Gasteiger partial charge in [-0.15, -0.1) is 0 Å². The van der Waals surface area contributed by atoms with Crippen molar-refractivity contribution >= 4 is 70.9 Å². The summed E-state index contributed by atoms with van der Waals surface area (Å²) in [6, 6.07) is 11.5. The van der Waals surface area contributed by atoms with Gasteiger partial charge in [0, 0.05) is 28.6 Å². The Kier molecular flexibility index (Phi) is 9.82. The first-order valence-corrected chi connectivity index (χ1v) is 20.5. The third-order valence-corrected chi connectivity index (χ3v) is 14.0. The third-order valence-electron chi connectivity index (χ3n) is 10.5. The topological polar surface area (TPSA) is 156 Å². The number of rotatable bonds is 8. The maximum Gasteiger partial charge on any atom is 0.274 e. The number of carbonyl (C=O) groups excluding carboxylic acids is 3. The van der Waals surface area contributed by atoms with Crippen molar-refractivity contribution < 1.29 is 32.3 Å². The van der Waals surface area contributed by atoms with Crippen LogP contribution in [0.1, 0.15) is 64.7 Å². The highest BCUT2D eigenvalue weighted by Gasteiger charge is 2.63. The van der Waals surface area contributed by atoms with E-state index in [2.05, 4.69) is 36.3 Å². The summed E-state index contributed by atoms with van der Waals surface area (Å²) in [6.45, 7) is 1.74. The SMILES string of the molecule is COc1cccc(N[C@H]2CCCCC/C=C\[C@@H]3C[C@@]3(C(=O)NS(=O)(=O)C3(C)CC3)NC(=O)[C@@H]3C[C@@H](Oc4nc5ccc(Br)cc5s4)CN3C2=O)c1. The molecule has 5 atom stereocenters. The summed E-state index contributed by atoms with van der Waals surface area (Å²) < 4.78 is 41.1. The van der Waals surface area contributed by atoms with E-state index >= 15 is 0 Å². The van der Waals surface area contributed by atoms with Crippen LogP contribution in [0.2, 0.25) is 0 Å². The standard InChI is InChI=1S/C36H42BrN5O7S2/c1-35(15-16-35)51(46,47)41-33(45)36-20-22(36)9-6-4-3-5-7-12-28(38-24-10-8-11-25(18-24)48-2)32(44)42-21-26(19-29(42)31(43)40-36)49-34-39-27-14-13-23(37)17-30(27)50-34/h6,8-11,13-14,17-18,22,26,28-29,38H,3-5,7,12,15-16,19-21H2,1-2H3,(H,40,43)(H,41,45)/b9-6-/t22-,26-,28+,29+,36-/m1/s1. The minimum Gasteiger partial charge on any atom is -0.497 e. The van der Waals surface area contributed by atoms with Gasteiger partial charge in [0.1, 0.15) is 29.5 Å². The van der Waals surface area contributed by atoms with E-state index in [0.29, 0.717) is 35.9 Å². The second kappa shape index (κ2) is 14.0. The molecule has 7 rings (SSSR count). The van der Waals surface area contributed by atoms with Gasteiger partial charge in [-0.05, 0) is 75.8 Å². The predicted molar refractivity (Wildman–Crippen MR) is 198 cm³/mol. The van der Waals surface area contributed by atoms with Crippen molar-refractivity contribution in [2.45, 2.75) is 93.2 Å². The molecule has 272 valence electrons. The summed E-state index contributed by atoms with van der Waals surface area (Å²) in [5, 5.41) is 6.77. The molecule has 0 spiro atoms. The number of nitrogens with one attached hydrogen (secondary N) is 3. The van der Waals surface area contributed by atoms with Crippen molar-refractivity contribution in [1.82, 2.24) is 19.9 Å². The molecule has 3 aromatic rings. The highest BCUT2D eigenvalue weighted by molar-refractivity contribution is 9.10. The maximum atomic E-state index is 14.6. The van der Waals surface area contributed by atoms with Crippen LogP contribution in [0.25, 0.3) is 10.2 Å². The van der Waals surface area contributed by atoms with E-state index in [4.69, 9.17) is 9.47 Å². The monoisotopic (exact) mass is 799 g/mol. The molecule has 15 heteroatoms. The summed E-state index contributed by atoms with van der Waals surface area (Å²) in [4.78, 5) is 48.9. The van der Waals surface area contributed by atoms with E-state index in [9.17, 15) is 22.8 Å². The average Bonchev–Trinajstić information content (AvgIpc) is 3.91. The van der Waals surface area contributed by atoms with Gasteiger partial charge in [0.2, 0.25) is 21.8 Å². The van der Waals surface area contributed by atoms with Crippen LogP contribution >= 0.6 is 27.3 Å². The van der Waals surface area contributed by atoms with Gasteiger partial charge in [0.25, 0.3) is 11.1 Å². The number of anilines is 1. The third kappa shape index (κ3) is 7.47. The molecule has 0 unspecified atom stereocenters. The van der Waals surface area contributed by atoms with Crippen LogP contribution < -0.4 is 24.8 Å². The molecule has 2 aliphatic carbocycles. The lowest BCUT2D eigenvalue weighted by Crippen LogP contribution is -2.58. The van der Waals surface area contributed by atoms with Gasteiger partial charge in [0.15, 0.2) is 0 Å². The first kappa shape index (κ1) is 35.7. The fourth-order valence-electron chi connectivity index (χ4n) is 6.93. The number of halogens is 1. The molecule has 1 aromatic heterocycles.